The third-order valence-electron chi connectivity index (χ3n) is 5.79. The van der Waals surface area contributed by atoms with Gasteiger partial charge in [-0.25, -0.2) is 9.79 Å². The number of nitro groups is 1. The molecule has 11 heteroatoms. The second kappa shape index (κ2) is 11.0. The van der Waals surface area contributed by atoms with E-state index in [1.807, 2.05) is 6.92 Å². The van der Waals surface area contributed by atoms with Crippen LogP contribution in [0.25, 0.3) is 6.08 Å². The molecule has 0 unspecified atom stereocenters. The number of nitrogens with zero attached hydrogens (tertiary/aromatic N) is 3. The van der Waals surface area contributed by atoms with Gasteiger partial charge in [0.1, 0.15) is 5.75 Å². The van der Waals surface area contributed by atoms with Crippen LogP contribution in [0.1, 0.15) is 44.9 Å². The maximum Gasteiger partial charge on any atom is 0.338 e. The summed E-state index contributed by atoms with van der Waals surface area (Å²) in [6.07, 6.45) is 1.20. The van der Waals surface area contributed by atoms with E-state index in [0.717, 1.165) is 11.3 Å². The summed E-state index contributed by atoms with van der Waals surface area (Å²) in [4.78, 5) is 42.8. The van der Waals surface area contributed by atoms with Gasteiger partial charge in [-0.2, -0.15) is 0 Å². The number of hydrogen-bond acceptors (Lipinski definition) is 9. The van der Waals surface area contributed by atoms with Gasteiger partial charge in [0.2, 0.25) is 0 Å². The number of carbonyl (C=O) groups excluding carboxylic acids is 1. The number of esters is 1. The molecule has 0 radical (unpaired) electrons. The lowest BCUT2D eigenvalue weighted by Crippen LogP contribution is -2.40. The molecular weight excluding hydrogens is 510 g/mol. The number of benzene rings is 2. The highest BCUT2D eigenvalue weighted by molar-refractivity contribution is 7.07. The molecular formula is C27H27N3O7S. The van der Waals surface area contributed by atoms with E-state index in [9.17, 15) is 19.7 Å². The zero-order chi connectivity index (χ0) is 27.6. The molecule has 38 heavy (non-hydrogen) atoms. The molecule has 1 aliphatic rings. The fraction of sp³-hybridized carbons (Fsp3) is 0.296. The lowest BCUT2D eigenvalue weighted by atomic mass is 9.96. The summed E-state index contributed by atoms with van der Waals surface area (Å²) in [7, 11) is 1.35. The summed E-state index contributed by atoms with van der Waals surface area (Å²) in [5.74, 6) is 0.227. The highest BCUT2D eigenvalue weighted by atomic mass is 32.1. The number of aromatic nitrogens is 1. The average Bonchev–Trinajstić information content (AvgIpc) is 3.17. The van der Waals surface area contributed by atoms with Crippen molar-refractivity contribution in [2.45, 2.75) is 39.8 Å². The number of carbonyl (C=O) groups is 1. The quantitative estimate of drug-likeness (QED) is 0.245. The van der Waals surface area contributed by atoms with E-state index in [0.29, 0.717) is 38.5 Å². The summed E-state index contributed by atoms with van der Waals surface area (Å²) in [6.45, 7) is 7.60. The topological polar surface area (TPSA) is 122 Å². The molecule has 0 bridgehead atoms. The van der Waals surface area contributed by atoms with Gasteiger partial charge in [0, 0.05) is 6.07 Å². The maximum atomic E-state index is 13.7. The first-order chi connectivity index (χ1) is 18.1. The summed E-state index contributed by atoms with van der Waals surface area (Å²) < 4.78 is 17.9. The smallest absolute Gasteiger partial charge is 0.338 e. The standard InChI is InChI=1S/C27H27N3O7S/c1-6-36-19-10-8-18(9-11-19)24-23(26(32)37-15(2)3)16(4)28-27-29(24)25(31)22(38-27)14-17-7-12-21(35-5)20(13-17)30(33)34/h7-15,24H,6H2,1-5H3/b22-14+/t24-/m0/s1. The zero-order valence-electron chi connectivity index (χ0n) is 21.6. The van der Waals surface area contributed by atoms with Crippen molar-refractivity contribution in [3.63, 3.8) is 0 Å². The van der Waals surface area contributed by atoms with E-state index in [2.05, 4.69) is 4.99 Å². The Labute approximate surface area is 222 Å². The lowest BCUT2D eigenvalue weighted by Gasteiger charge is -2.25. The maximum absolute atomic E-state index is 13.7. The Morgan fingerprint density at radius 3 is 2.55 bits per heavy atom. The molecule has 4 rings (SSSR count). The van der Waals surface area contributed by atoms with Crippen molar-refractivity contribution in [2.75, 3.05) is 13.7 Å². The monoisotopic (exact) mass is 537 g/mol. The van der Waals surface area contributed by atoms with E-state index in [1.165, 1.54) is 23.8 Å². The second-order valence-electron chi connectivity index (χ2n) is 8.73. The number of thiazole rings is 1. The van der Waals surface area contributed by atoms with Gasteiger partial charge in [-0.15, -0.1) is 0 Å². The van der Waals surface area contributed by atoms with Crippen LogP contribution in [-0.2, 0) is 9.53 Å². The first kappa shape index (κ1) is 26.8. The van der Waals surface area contributed by atoms with Crippen molar-refractivity contribution >= 4 is 29.1 Å². The largest absolute Gasteiger partial charge is 0.494 e. The van der Waals surface area contributed by atoms with Gasteiger partial charge in [0.15, 0.2) is 10.6 Å². The van der Waals surface area contributed by atoms with Crippen LogP contribution < -0.4 is 24.4 Å². The summed E-state index contributed by atoms with van der Waals surface area (Å²) in [5.41, 5.74) is 1.26. The average molecular weight is 538 g/mol. The Hall–Kier alpha value is -4.25. The third-order valence-corrected chi connectivity index (χ3v) is 6.77. The van der Waals surface area contributed by atoms with Gasteiger partial charge >= 0.3 is 11.7 Å². The van der Waals surface area contributed by atoms with Crippen molar-refractivity contribution in [1.29, 1.82) is 0 Å². The molecule has 0 N–H and O–H groups in total. The number of rotatable bonds is 8. The number of allylic oxidation sites excluding steroid dienone is 1. The number of fused-ring (bicyclic) bond motifs is 1. The van der Waals surface area contributed by atoms with Gasteiger partial charge in [-0.05, 0) is 63.1 Å². The third kappa shape index (κ3) is 5.23. The van der Waals surface area contributed by atoms with E-state index in [1.54, 1.807) is 57.2 Å². The molecule has 1 aliphatic heterocycles. The highest BCUT2D eigenvalue weighted by Gasteiger charge is 2.33. The molecule has 198 valence electrons. The molecule has 0 spiro atoms. The molecule has 2 aromatic carbocycles. The van der Waals surface area contributed by atoms with Crippen molar-refractivity contribution in [1.82, 2.24) is 4.57 Å². The molecule has 2 heterocycles. The molecule has 1 aromatic heterocycles. The fourth-order valence-corrected chi connectivity index (χ4v) is 5.23. The molecule has 0 amide bonds. The lowest BCUT2D eigenvalue weighted by molar-refractivity contribution is -0.385. The van der Waals surface area contributed by atoms with Crippen molar-refractivity contribution < 1.29 is 23.9 Å². The van der Waals surface area contributed by atoms with E-state index >= 15 is 0 Å². The van der Waals surface area contributed by atoms with Crippen molar-refractivity contribution in [2.24, 2.45) is 4.99 Å². The number of ether oxygens (including phenoxy) is 3. The van der Waals surface area contributed by atoms with Crippen LogP contribution in [0.5, 0.6) is 11.5 Å². The fourth-order valence-electron chi connectivity index (χ4n) is 4.18. The Morgan fingerprint density at radius 1 is 1.24 bits per heavy atom. The van der Waals surface area contributed by atoms with Crippen LogP contribution in [0, 0.1) is 10.1 Å². The SMILES string of the molecule is CCOc1ccc([C@H]2C(C(=O)OC(C)C)=C(C)N=c3s/c(=C/c4ccc(OC)c([N+](=O)[O-])c4)c(=O)n32)cc1. The summed E-state index contributed by atoms with van der Waals surface area (Å²) in [5, 5.41) is 11.5. The van der Waals surface area contributed by atoms with Gasteiger partial charge in [-0.1, -0.05) is 29.5 Å². The van der Waals surface area contributed by atoms with Crippen molar-refractivity contribution in [3.05, 3.63) is 94.7 Å². The van der Waals surface area contributed by atoms with E-state index in [4.69, 9.17) is 14.2 Å². The Bertz CT molecular complexity index is 1600. The molecule has 0 aliphatic carbocycles. The Kier molecular flexibility index (Phi) is 7.77. The predicted molar refractivity (Wildman–Crippen MR) is 142 cm³/mol. The molecule has 1 atom stereocenters. The number of nitro benzene ring substituents is 1. The second-order valence-corrected chi connectivity index (χ2v) is 9.74. The first-order valence-electron chi connectivity index (χ1n) is 11.9. The van der Waals surface area contributed by atoms with Crippen LogP contribution in [-0.4, -0.2) is 35.3 Å². The molecule has 0 saturated heterocycles. The minimum absolute atomic E-state index is 0.119. The highest BCUT2D eigenvalue weighted by Crippen LogP contribution is 2.32. The van der Waals surface area contributed by atoms with E-state index < -0.39 is 16.9 Å². The van der Waals surface area contributed by atoms with Gasteiger partial charge in [0.25, 0.3) is 5.56 Å². The predicted octanol–water partition coefficient (Wildman–Crippen LogP) is 3.50. The van der Waals surface area contributed by atoms with Crippen LogP contribution in [0.15, 0.2) is 63.5 Å². The first-order valence-corrected chi connectivity index (χ1v) is 12.7. The Morgan fingerprint density at radius 2 is 1.95 bits per heavy atom. The number of hydrogen-bond donors (Lipinski definition) is 0. The summed E-state index contributed by atoms with van der Waals surface area (Å²) in [6, 6.07) is 10.9. The van der Waals surface area contributed by atoms with Crippen LogP contribution in [0.2, 0.25) is 0 Å². The molecule has 0 fully saturated rings. The van der Waals surface area contributed by atoms with Crippen LogP contribution in [0.4, 0.5) is 5.69 Å². The van der Waals surface area contributed by atoms with Crippen LogP contribution >= 0.6 is 11.3 Å². The Balaban J connectivity index is 1.91. The minimum atomic E-state index is -0.777. The van der Waals surface area contributed by atoms with Crippen molar-refractivity contribution in [3.8, 4) is 11.5 Å². The molecule has 10 nitrogen and oxygen atoms in total. The molecule has 0 saturated carbocycles. The summed E-state index contributed by atoms with van der Waals surface area (Å²) >= 11 is 1.14. The minimum Gasteiger partial charge on any atom is -0.494 e. The molecule has 3 aromatic rings. The van der Waals surface area contributed by atoms with Gasteiger partial charge < -0.3 is 14.2 Å². The van der Waals surface area contributed by atoms with E-state index in [-0.39, 0.29) is 28.7 Å². The zero-order valence-corrected chi connectivity index (χ0v) is 22.4. The van der Waals surface area contributed by atoms with Gasteiger partial charge in [-0.3, -0.25) is 19.5 Å². The van der Waals surface area contributed by atoms with Crippen LogP contribution in [0.3, 0.4) is 0 Å². The number of methoxy groups -OCH3 is 1. The van der Waals surface area contributed by atoms with Gasteiger partial charge in [0.05, 0.1) is 46.6 Å². The normalized spacial score (nSPS) is 15.2.